The van der Waals surface area contributed by atoms with Gasteiger partial charge in [-0.05, 0) is 37.9 Å². The summed E-state index contributed by atoms with van der Waals surface area (Å²) in [6.45, 7) is 0.359. The number of hydrogen-bond acceptors (Lipinski definition) is 4. The Balaban J connectivity index is 2.03. The predicted molar refractivity (Wildman–Crippen MR) is 68.6 cm³/mol. The first-order valence-corrected chi connectivity index (χ1v) is 6.11. The summed E-state index contributed by atoms with van der Waals surface area (Å²) in [4.78, 5) is 0. The molecule has 1 unspecified atom stereocenters. The fourth-order valence-corrected chi connectivity index (χ4v) is 2.04. The Morgan fingerprint density at radius 2 is 2.17 bits per heavy atom. The maximum atomic E-state index is 9.35. The molecule has 0 bridgehead atoms. The maximum Gasteiger partial charge on any atom is 0.143 e. The molecule has 4 nitrogen and oxygen atoms in total. The van der Waals surface area contributed by atoms with Crippen molar-refractivity contribution in [1.82, 2.24) is 5.32 Å². The van der Waals surface area contributed by atoms with E-state index in [1.54, 1.807) is 7.11 Å². The number of hydrogen-bond donors (Lipinski definition) is 1. The van der Waals surface area contributed by atoms with E-state index in [4.69, 9.17) is 9.47 Å². The first-order valence-electron chi connectivity index (χ1n) is 6.11. The van der Waals surface area contributed by atoms with Crippen LogP contribution in [0.1, 0.15) is 12.8 Å². The molecular formula is C14H18N2O2. The van der Waals surface area contributed by atoms with Gasteiger partial charge in [-0.3, -0.25) is 5.32 Å². The van der Waals surface area contributed by atoms with Crippen LogP contribution < -0.4 is 14.8 Å². The van der Waals surface area contributed by atoms with Gasteiger partial charge in [-0.1, -0.05) is 6.07 Å². The third-order valence-corrected chi connectivity index (χ3v) is 3.43. The van der Waals surface area contributed by atoms with E-state index >= 15 is 0 Å². The molecular weight excluding hydrogens is 228 g/mol. The van der Waals surface area contributed by atoms with Crippen LogP contribution in [0.15, 0.2) is 24.3 Å². The number of nitrogens with one attached hydrogen (secondary N) is 1. The van der Waals surface area contributed by atoms with Crippen molar-refractivity contribution in [2.45, 2.75) is 18.4 Å². The van der Waals surface area contributed by atoms with Gasteiger partial charge < -0.3 is 9.47 Å². The summed E-state index contributed by atoms with van der Waals surface area (Å²) in [6.07, 6.45) is 2.19. The van der Waals surface area contributed by atoms with Crippen LogP contribution in [0.25, 0.3) is 0 Å². The van der Waals surface area contributed by atoms with Gasteiger partial charge in [-0.25, -0.2) is 0 Å². The number of nitrogens with zero attached hydrogens (tertiary/aromatic N) is 1. The van der Waals surface area contributed by atoms with Crippen molar-refractivity contribution in [2.75, 3.05) is 20.8 Å². The number of rotatable bonds is 6. The van der Waals surface area contributed by atoms with E-state index in [2.05, 4.69) is 11.4 Å². The normalized spacial score (nSPS) is 17.6. The third-order valence-electron chi connectivity index (χ3n) is 3.43. The Morgan fingerprint density at radius 3 is 2.72 bits per heavy atom. The van der Waals surface area contributed by atoms with Gasteiger partial charge in [0.15, 0.2) is 0 Å². The number of ether oxygens (including phenoxy) is 2. The zero-order valence-corrected chi connectivity index (χ0v) is 10.8. The molecule has 0 spiro atoms. The molecule has 0 aromatic heterocycles. The van der Waals surface area contributed by atoms with Crippen molar-refractivity contribution in [3.8, 4) is 17.6 Å². The van der Waals surface area contributed by atoms with E-state index in [0.29, 0.717) is 12.5 Å². The Bertz CT molecular complexity index is 451. The Hall–Kier alpha value is -1.73. The topological polar surface area (TPSA) is 54.3 Å². The van der Waals surface area contributed by atoms with Crippen LogP contribution in [-0.2, 0) is 0 Å². The van der Waals surface area contributed by atoms with Gasteiger partial charge >= 0.3 is 0 Å². The van der Waals surface area contributed by atoms with E-state index in [1.807, 2.05) is 31.3 Å². The van der Waals surface area contributed by atoms with Crippen LogP contribution in [0.5, 0.6) is 11.5 Å². The van der Waals surface area contributed by atoms with Gasteiger partial charge in [0.2, 0.25) is 0 Å². The predicted octanol–water partition coefficient (Wildman–Crippen LogP) is 1.97. The van der Waals surface area contributed by atoms with E-state index in [-0.39, 0.29) is 0 Å². The molecule has 1 N–H and O–H groups in total. The lowest BCUT2D eigenvalue weighted by Crippen LogP contribution is -2.49. The Labute approximate surface area is 108 Å². The van der Waals surface area contributed by atoms with E-state index < -0.39 is 5.54 Å². The minimum absolute atomic E-state index is 0.359. The van der Waals surface area contributed by atoms with Crippen LogP contribution in [0.2, 0.25) is 0 Å². The minimum atomic E-state index is -0.566. The second-order valence-corrected chi connectivity index (χ2v) is 4.58. The SMILES string of the molecule is CNC(C#N)(COc1cccc(OC)c1)C1CC1. The van der Waals surface area contributed by atoms with Crippen LogP contribution in [0, 0.1) is 17.2 Å². The molecule has 0 aliphatic heterocycles. The fourth-order valence-electron chi connectivity index (χ4n) is 2.04. The number of likely N-dealkylation sites (N-methyl/N-ethyl adjacent to an activating group) is 1. The van der Waals surface area contributed by atoms with Crippen LogP contribution in [0.3, 0.4) is 0 Å². The van der Waals surface area contributed by atoms with Crippen molar-refractivity contribution in [3.63, 3.8) is 0 Å². The van der Waals surface area contributed by atoms with Crippen molar-refractivity contribution in [2.24, 2.45) is 5.92 Å². The highest BCUT2D eigenvalue weighted by atomic mass is 16.5. The smallest absolute Gasteiger partial charge is 0.143 e. The molecule has 4 heteroatoms. The third kappa shape index (κ3) is 2.57. The van der Waals surface area contributed by atoms with Crippen LogP contribution in [-0.4, -0.2) is 26.3 Å². The molecule has 1 fully saturated rings. The minimum Gasteiger partial charge on any atom is -0.497 e. The summed E-state index contributed by atoms with van der Waals surface area (Å²) < 4.78 is 10.9. The molecule has 0 radical (unpaired) electrons. The molecule has 1 aromatic rings. The fraction of sp³-hybridized carbons (Fsp3) is 0.500. The van der Waals surface area contributed by atoms with Crippen LogP contribution >= 0.6 is 0 Å². The van der Waals surface area contributed by atoms with Gasteiger partial charge in [0.25, 0.3) is 0 Å². The molecule has 1 aliphatic carbocycles. The maximum absolute atomic E-state index is 9.35. The molecule has 1 aromatic carbocycles. The van der Waals surface area contributed by atoms with Gasteiger partial charge in [0, 0.05) is 6.07 Å². The second-order valence-electron chi connectivity index (χ2n) is 4.58. The summed E-state index contributed by atoms with van der Waals surface area (Å²) >= 11 is 0. The number of nitriles is 1. The average Bonchev–Trinajstić information content (AvgIpc) is 3.26. The van der Waals surface area contributed by atoms with Crippen molar-refractivity contribution in [1.29, 1.82) is 5.26 Å². The molecule has 1 saturated carbocycles. The highest BCUT2D eigenvalue weighted by molar-refractivity contribution is 5.33. The molecule has 2 rings (SSSR count). The molecule has 1 atom stereocenters. The van der Waals surface area contributed by atoms with E-state index in [9.17, 15) is 5.26 Å². The summed E-state index contributed by atoms with van der Waals surface area (Å²) in [5.74, 6) is 1.88. The Kier molecular flexibility index (Phi) is 3.73. The summed E-state index contributed by atoms with van der Waals surface area (Å²) in [5.41, 5.74) is -0.566. The monoisotopic (exact) mass is 246 g/mol. The molecule has 1 aliphatic rings. The lowest BCUT2D eigenvalue weighted by Gasteiger charge is -2.26. The zero-order valence-electron chi connectivity index (χ0n) is 10.8. The highest BCUT2D eigenvalue weighted by Gasteiger charge is 2.45. The second kappa shape index (κ2) is 5.28. The molecule has 0 saturated heterocycles. The van der Waals surface area contributed by atoms with Gasteiger partial charge in [-0.2, -0.15) is 5.26 Å². The van der Waals surface area contributed by atoms with Crippen molar-refractivity contribution >= 4 is 0 Å². The summed E-state index contributed by atoms with van der Waals surface area (Å²) in [7, 11) is 3.44. The summed E-state index contributed by atoms with van der Waals surface area (Å²) in [5, 5.41) is 12.5. The largest absolute Gasteiger partial charge is 0.497 e. The van der Waals surface area contributed by atoms with Crippen molar-refractivity contribution < 1.29 is 9.47 Å². The molecule has 96 valence electrons. The molecule has 18 heavy (non-hydrogen) atoms. The Morgan fingerprint density at radius 1 is 1.44 bits per heavy atom. The van der Waals surface area contributed by atoms with E-state index in [1.165, 1.54) is 0 Å². The first-order chi connectivity index (χ1) is 8.74. The lowest BCUT2D eigenvalue weighted by atomic mass is 9.96. The number of benzene rings is 1. The number of methoxy groups -OCH3 is 1. The molecule has 0 heterocycles. The lowest BCUT2D eigenvalue weighted by molar-refractivity contribution is 0.210. The zero-order chi connectivity index (χ0) is 13.0. The van der Waals surface area contributed by atoms with Crippen LogP contribution in [0.4, 0.5) is 0 Å². The van der Waals surface area contributed by atoms with E-state index in [0.717, 1.165) is 24.3 Å². The van der Waals surface area contributed by atoms with Crippen molar-refractivity contribution in [3.05, 3.63) is 24.3 Å². The first kappa shape index (κ1) is 12.7. The molecule has 0 amide bonds. The quantitative estimate of drug-likeness (QED) is 0.833. The highest BCUT2D eigenvalue weighted by Crippen LogP contribution is 2.39. The standard InChI is InChI=1S/C14H18N2O2/c1-16-14(9-15,11-6-7-11)10-18-13-5-3-4-12(8-13)17-2/h3-5,8,11,16H,6-7,10H2,1-2H3. The van der Waals surface area contributed by atoms with Gasteiger partial charge in [0.05, 0.1) is 13.2 Å². The average molecular weight is 246 g/mol. The van der Waals surface area contributed by atoms with Gasteiger partial charge in [-0.15, -0.1) is 0 Å². The summed E-state index contributed by atoms with van der Waals surface area (Å²) in [6, 6.07) is 9.79. The van der Waals surface area contributed by atoms with Gasteiger partial charge in [0.1, 0.15) is 23.6 Å².